The molecule has 0 radical (unpaired) electrons. The van der Waals surface area contributed by atoms with Crippen LogP contribution in [-0.2, 0) is 59.5 Å². The minimum atomic E-state index is -3.65. The molecule has 5 aromatic heterocycles. The number of sulfonamides is 1. The summed E-state index contributed by atoms with van der Waals surface area (Å²) in [6.07, 6.45) is 11.9. The van der Waals surface area contributed by atoms with Crippen LogP contribution in [0.4, 0.5) is 0 Å². The fraction of sp³-hybridized carbons (Fsp3) is 0.356. The SMILES string of the molecule is CN(C)S(=O)(=O)c1ccc(C(O)=C2C(=O)C(=O)N(CCCN3CCOCC3)C2c2cccnc2)cc1.COc1cccc(C2C(=C(O)c3cc(C)ccc3C)C(=O)C(=O)N2CCCN2CCOCC2)c1OC.COc1cccc(C2C(C(=O)c3ccc(C)o3)=C(O)C(=O)N2CCN2CCOCC2)c1.COc1cccc2cc(C(=O)C3=C(O)C(=O)N(CCCn4ccnc4)C3c3ccccn3)oc12. The van der Waals surface area contributed by atoms with Gasteiger partial charge in [0.25, 0.3) is 35.2 Å². The van der Waals surface area contributed by atoms with Crippen LogP contribution < -0.4 is 18.9 Å². The summed E-state index contributed by atoms with van der Waals surface area (Å²) in [5, 5.41) is 44.8. The van der Waals surface area contributed by atoms with Gasteiger partial charge in [-0.3, -0.25) is 63.0 Å². The summed E-state index contributed by atoms with van der Waals surface area (Å²) in [6, 6.07) is 39.5. The number of methoxy groups -OCH3 is 4. The van der Waals surface area contributed by atoms with Crippen molar-refractivity contribution >= 4 is 79.3 Å². The zero-order chi connectivity index (χ0) is 97.3. The molecule has 720 valence electrons. The van der Waals surface area contributed by atoms with Gasteiger partial charge in [-0.15, -0.1) is 0 Å². The molecule has 7 aliphatic rings. The van der Waals surface area contributed by atoms with Gasteiger partial charge in [0.15, 0.2) is 45.9 Å². The smallest absolute Gasteiger partial charge is 0.295 e. The lowest BCUT2D eigenvalue weighted by molar-refractivity contribution is -0.140. The fourth-order valence-corrected chi connectivity index (χ4v) is 18.6. The number of aliphatic hydroxyl groups is 4. The standard InChI is InChI=1S/C28H34N2O6.C25H30N4O6S.C25H22N4O5.C23H26N2O6/c1-18-9-10-19(2)21(17-18)25(31)23-24(20-7-5-8-22(34-3)27(20)35-4)30(28(33)26(23)32)12-6-11-29-13-15-36-16-14-29;1-27(2)36(33,34)20-8-6-18(7-9-20)23(30)21-22(19-5-3-10-26-17-19)29(25(32)24(21)31)12-4-11-28-13-15-35-16-14-28;1-33-18-8-4-6-16-14-19(34-24(16)18)22(30)20-21(17-7-2-3-9-27-17)29(25(32)23(20)31)12-5-11-28-13-10-26-15-28;1-15-6-7-18(31-15)21(26)19-20(16-4-3-5-17(14-16)29-2)25(23(28)22(19)27)9-8-24-10-12-30-13-11-24/h5,7-10,17,24,31H,6,11-16H2,1-4H3;3,5-10,17,22,30H,4,11-16H2,1-2H3;2-4,6-10,13-15,21,31H,5,11-12H2,1H3;3-7,14,20,27H,8-13H2,1-2H3. The Balaban J connectivity index is 0.000000146. The van der Waals surface area contributed by atoms with E-state index in [1.54, 1.807) is 152 Å². The Bertz CT molecular complexity index is 6300. The van der Waals surface area contributed by atoms with Gasteiger partial charge in [-0.1, -0.05) is 66.2 Å². The number of ketones is 4. The third kappa shape index (κ3) is 22.1. The number of aromatic nitrogens is 4. The number of imidazole rings is 1. The summed E-state index contributed by atoms with van der Waals surface area (Å²) in [6.45, 7) is 18.6. The molecule has 137 heavy (non-hydrogen) atoms. The monoisotopic (exact) mass is 1890 g/mol. The second-order valence-corrected chi connectivity index (χ2v) is 35.8. The number of carbonyl (C=O) groups is 8. The first-order valence-corrected chi connectivity index (χ1v) is 46.5. The van der Waals surface area contributed by atoms with Crippen LogP contribution in [0.1, 0.15) is 115 Å². The average Bonchev–Trinajstić information content (AvgIpc) is 1.62. The first-order valence-electron chi connectivity index (χ1n) is 45.1. The van der Waals surface area contributed by atoms with Crippen molar-refractivity contribution in [3.8, 4) is 23.0 Å². The number of Topliss-reactive ketones (excluding diaryl/α,β-unsaturated/α-hetero) is 4. The van der Waals surface area contributed by atoms with Gasteiger partial charge in [0.1, 0.15) is 29.1 Å². The molecular weight excluding hydrogens is 1780 g/mol. The third-order valence-corrected chi connectivity index (χ3v) is 26.7. The van der Waals surface area contributed by atoms with Crippen LogP contribution in [0.15, 0.2) is 237 Å². The second kappa shape index (κ2) is 45.1. The first kappa shape index (κ1) is 99.0. The van der Waals surface area contributed by atoms with E-state index in [4.69, 9.17) is 42.0 Å². The Kier molecular flexibility index (Phi) is 32.6. The van der Waals surface area contributed by atoms with Gasteiger partial charge in [0.05, 0.1) is 125 Å². The molecule has 0 spiro atoms. The Morgan fingerprint density at radius 2 is 1.06 bits per heavy atom. The molecule has 4 amide bonds. The molecule has 12 heterocycles. The quantitative estimate of drug-likeness (QED) is 0.0136. The number of aliphatic hydroxyl groups excluding tert-OH is 4. The van der Waals surface area contributed by atoms with Crippen LogP contribution in [0.25, 0.3) is 22.5 Å². The topological polar surface area (TPSA) is 412 Å². The molecule has 5 saturated heterocycles. The van der Waals surface area contributed by atoms with Gasteiger partial charge >= 0.3 is 0 Å². The highest BCUT2D eigenvalue weighted by Crippen LogP contribution is 2.48. The number of ether oxygens (including phenoxy) is 7. The summed E-state index contributed by atoms with van der Waals surface area (Å²) in [7, 11) is 5.34. The lowest BCUT2D eigenvalue weighted by atomic mass is 9.92. The largest absolute Gasteiger partial charge is 0.507 e. The average molecular weight is 1890 g/mol. The molecule has 4 unspecified atom stereocenters. The number of fused-ring (bicyclic) bond motifs is 1. The first-order chi connectivity index (χ1) is 66.1. The van der Waals surface area contributed by atoms with Crippen molar-refractivity contribution in [2.45, 2.75) is 75.6 Å². The summed E-state index contributed by atoms with van der Waals surface area (Å²) < 4.78 is 77.1. The zero-order valence-electron chi connectivity index (χ0n) is 77.8. The molecule has 10 aromatic rings. The normalized spacial score (nSPS) is 19.2. The molecule has 7 aliphatic heterocycles. The number of rotatable bonds is 31. The lowest BCUT2D eigenvalue weighted by Gasteiger charge is -2.31. The molecular formula is C101H112N12O23S. The highest BCUT2D eigenvalue weighted by Gasteiger charge is 2.51. The molecule has 0 saturated carbocycles. The van der Waals surface area contributed by atoms with E-state index in [0.29, 0.717) is 166 Å². The van der Waals surface area contributed by atoms with E-state index in [-0.39, 0.29) is 55.8 Å². The molecule has 0 bridgehead atoms. The number of pyridine rings is 2. The third-order valence-electron chi connectivity index (χ3n) is 24.8. The number of hydrogen-bond donors (Lipinski definition) is 4. The predicted molar refractivity (Wildman–Crippen MR) is 503 cm³/mol. The van der Waals surface area contributed by atoms with Crippen molar-refractivity contribution in [2.24, 2.45) is 0 Å². The Morgan fingerprint density at radius 3 is 1.63 bits per heavy atom. The fourth-order valence-electron chi connectivity index (χ4n) is 17.7. The van der Waals surface area contributed by atoms with Crippen molar-refractivity contribution in [2.75, 3.05) is 167 Å². The number of carbonyl (C=O) groups excluding carboxylic acids is 8. The highest BCUT2D eigenvalue weighted by molar-refractivity contribution is 7.89. The van der Waals surface area contributed by atoms with Crippen LogP contribution in [0.3, 0.4) is 0 Å². The minimum absolute atomic E-state index is 0.00930. The van der Waals surface area contributed by atoms with Gasteiger partial charge in [0, 0.05) is 159 Å². The number of para-hydroxylation sites is 2. The van der Waals surface area contributed by atoms with Gasteiger partial charge in [0.2, 0.25) is 21.6 Å². The number of morpholine rings is 3. The second-order valence-electron chi connectivity index (χ2n) is 33.6. The number of likely N-dealkylation sites (tertiary alicyclic amines) is 2. The molecule has 0 aliphatic carbocycles. The van der Waals surface area contributed by atoms with Crippen LogP contribution in [0.5, 0.6) is 23.0 Å². The molecule has 5 aromatic carbocycles. The Morgan fingerprint density at radius 1 is 0.489 bits per heavy atom. The van der Waals surface area contributed by atoms with E-state index in [2.05, 4.69) is 29.7 Å². The van der Waals surface area contributed by atoms with Gasteiger partial charge in [-0.05, 0) is 148 Å². The molecule has 17 rings (SSSR count). The van der Waals surface area contributed by atoms with Crippen molar-refractivity contribution in [1.29, 1.82) is 0 Å². The number of furan rings is 2. The highest BCUT2D eigenvalue weighted by atomic mass is 32.2. The summed E-state index contributed by atoms with van der Waals surface area (Å²) in [5.74, 6) is -4.01. The number of benzene rings is 5. The van der Waals surface area contributed by atoms with Crippen molar-refractivity contribution in [3.05, 3.63) is 285 Å². The molecule has 4 atom stereocenters. The van der Waals surface area contributed by atoms with Crippen LogP contribution in [0, 0.1) is 20.8 Å². The van der Waals surface area contributed by atoms with E-state index < -0.39 is 92.5 Å². The van der Waals surface area contributed by atoms with Crippen LogP contribution >= 0.6 is 0 Å². The number of hydrogen-bond acceptors (Lipinski definition) is 29. The van der Waals surface area contributed by atoms with Crippen molar-refractivity contribution in [1.82, 2.24) is 58.1 Å². The number of amides is 4. The van der Waals surface area contributed by atoms with Crippen LogP contribution in [-0.4, -0.2) is 301 Å². The predicted octanol–water partition coefficient (Wildman–Crippen LogP) is 11.1. The minimum Gasteiger partial charge on any atom is -0.507 e. The zero-order valence-corrected chi connectivity index (χ0v) is 78.6. The van der Waals surface area contributed by atoms with E-state index in [1.807, 2.05) is 54.9 Å². The van der Waals surface area contributed by atoms with Gasteiger partial charge < -0.3 is 86.6 Å². The summed E-state index contributed by atoms with van der Waals surface area (Å²) in [4.78, 5) is 131. The molecule has 5 fully saturated rings. The Hall–Kier alpha value is -14.0. The summed E-state index contributed by atoms with van der Waals surface area (Å²) >= 11 is 0. The number of aryl methyl sites for hydroxylation is 4. The van der Waals surface area contributed by atoms with E-state index in [9.17, 15) is 67.2 Å². The van der Waals surface area contributed by atoms with E-state index >= 15 is 0 Å². The molecule has 36 heteroatoms. The maximum Gasteiger partial charge on any atom is 0.295 e. The van der Waals surface area contributed by atoms with Gasteiger partial charge in [-0.25, -0.2) is 17.7 Å². The lowest BCUT2D eigenvalue weighted by Crippen LogP contribution is -2.43. The van der Waals surface area contributed by atoms with E-state index in [0.717, 1.165) is 67.8 Å². The Labute approximate surface area is 793 Å². The summed E-state index contributed by atoms with van der Waals surface area (Å²) in [5.41, 5.74) is 5.32. The molecule has 4 N–H and O–H groups in total. The number of nitrogens with zero attached hydrogens (tertiary/aromatic N) is 12. The maximum absolute atomic E-state index is 13.6. The van der Waals surface area contributed by atoms with Crippen molar-refractivity contribution in [3.63, 3.8) is 0 Å². The van der Waals surface area contributed by atoms with Gasteiger partial charge in [-0.2, -0.15) is 0 Å². The maximum atomic E-state index is 13.6. The van der Waals surface area contributed by atoms with Crippen molar-refractivity contribution < 1.29 is 109 Å². The molecule has 35 nitrogen and oxygen atoms in total. The van der Waals surface area contributed by atoms with E-state index in [1.165, 1.54) is 69.5 Å². The van der Waals surface area contributed by atoms with Crippen LogP contribution in [0.2, 0.25) is 0 Å².